The van der Waals surface area contributed by atoms with Gasteiger partial charge in [-0.3, -0.25) is 4.90 Å². The van der Waals surface area contributed by atoms with E-state index in [1.165, 1.54) is 62.8 Å². The lowest BCUT2D eigenvalue weighted by Gasteiger charge is -2.19. The van der Waals surface area contributed by atoms with Gasteiger partial charge in [0, 0.05) is 13.2 Å². The van der Waals surface area contributed by atoms with Gasteiger partial charge in [-0.2, -0.15) is 0 Å². The topological polar surface area (TPSA) is 54.0 Å². The fourth-order valence-corrected chi connectivity index (χ4v) is 3.34. The van der Waals surface area contributed by atoms with Gasteiger partial charge in [0.2, 0.25) is 0 Å². The summed E-state index contributed by atoms with van der Waals surface area (Å²) in [4.78, 5) is 1.90. The highest BCUT2D eigenvalue weighted by Gasteiger charge is 2.04. The molecule has 244 valence electrons. The minimum absolute atomic E-state index is 0.399. The van der Waals surface area contributed by atoms with Crippen molar-refractivity contribution in [2.75, 3.05) is 46.5 Å². The second kappa shape index (κ2) is 35.0. The molecule has 0 heterocycles. The largest absolute Gasteiger partial charge is 0.495 e. The Kier molecular flexibility index (Phi) is 36.9. The number of hydrogen-bond donors (Lipinski definition) is 2. The summed E-state index contributed by atoms with van der Waals surface area (Å²) >= 11 is 0. The molecular formula is C37H68N2O3. The summed E-state index contributed by atoms with van der Waals surface area (Å²) in [5.41, 5.74) is 3.60. The van der Waals surface area contributed by atoms with Gasteiger partial charge < -0.3 is 19.9 Å². The molecule has 0 aliphatic heterocycles. The normalized spacial score (nSPS) is 12.0. The zero-order valence-corrected chi connectivity index (χ0v) is 29.2. The highest BCUT2D eigenvalue weighted by atomic mass is 16.5. The molecule has 1 rings (SSSR count). The Balaban J connectivity index is -0.000000533. The molecule has 0 radical (unpaired) electrons. The molecule has 5 heteroatoms. The molecule has 0 saturated carbocycles. The summed E-state index contributed by atoms with van der Waals surface area (Å²) < 4.78 is 10.4. The molecule has 0 aromatic heterocycles. The molecule has 42 heavy (non-hydrogen) atoms. The zero-order chi connectivity index (χ0) is 32.4. The molecule has 0 bridgehead atoms. The zero-order valence-electron chi connectivity index (χ0n) is 29.2. The van der Waals surface area contributed by atoms with Crippen LogP contribution in [0.2, 0.25) is 0 Å². The summed E-state index contributed by atoms with van der Waals surface area (Å²) in [6, 6.07) is 10.2. The van der Waals surface area contributed by atoms with Crippen molar-refractivity contribution in [1.29, 1.82) is 0 Å². The molecule has 1 unspecified atom stereocenters. The van der Waals surface area contributed by atoms with Crippen LogP contribution in [0, 0.1) is 0 Å². The van der Waals surface area contributed by atoms with E-state index in [-0.39, 0.29) is 0 Å². The highest BCUT2D eigenvalue weighted by Crippen LogP contribution is 2.07. The first kappa shape index (κ1) is 44.3. The second-order valence-electron chi connectivity index (χ2n) is 9.95. The van der Waals surface area contributed by atoms with Crippen LogP contribution in [0.3, 0.4) is 0 Å². The number of hydrogen-bond acceptors (Lipinski definition) is 5. The van der Waals surface area contributed by atoms with Crippen molar-refractivity contribution >= 4 is 6.08 Å². The SMILES string of the molecule is C/C(=C\c1ccccc1)CN(C)C(C)O.C=C(/C=C\C(C)=C/COCC)OCC.CC.CCCCCCNCCCC. The van der Waals surface area contributed by atoms with Crippen LogP contribution in [-0.2, 0) is 9.47 Å². The number of aliphatic hydroxyl groups is 1. The minimum atomic E-state index is -0.399. The lowest BCUT2D eigenvalue weighted by Crippen LogP contribution is -2.29. The third-order valence-corrected chi connectivity index (χ3v) is 5.85. The van der Waals surface area contributed by atoms with Gasteiger partial charge in [0.05, 0.1) is 13.2 Å². The van der Waals surface area contributed by atoms with E-state index in [9.17, 15) is 5.11 Å². The number of likely N-dealkylation sites (N-methyl/N-ethyl adjacent to an activating group) is 1. The predicted octanol–water partition coefficient (Wildman–Crippen LogP) is 9.42. The maximum Gasteiger partial charge on any atom is 0.112 e. The minimum Gasteiger partial charge on any atom is -0.495 e. The monoisotopic (exact) mass is 589 g/mol. The summed E-state index contributed by atoms with van der Waals surface area (Å²) in [5, 5.41) is 12.8. The van der Waals surface area contributed by atoms with Crippen molar-refractivity contribution in [3.8, 4) is 0 Å². The highest BCUT2D eigenvalue weighted by molar-refractivity contribution is 5.52. The maximum absolute atomic E-state index is 9.33. The van der Waals surface area contributed by atoms with Gasteiger partial charge in [0.15, 0.2) is 0 Å². The Morgan fingerprint density at radius 1 is 0.929 bits per heavy atom. The first-order valence-corrected chi connectivity index (χ1v) is 16.3. The van der Waals surface area contributed by atoms with Crippen LogP contribution in [0.25, 0.3) is 6.08 Å². The molecule has 1 atom stereocenters. The number of benzene rings is 1. The second-order valence-corrected chi connectivity index (χ2v) is 9.95. The van der Waals surface area contributed by atoms with Crippen LogP contribution < -0.4 is 5.32 Å². The lowest BCUT2D eigenvalue weighted by atomic mass is 10.1. The molecule has 1 aromatic rings. The molecule has 0 aliphatic carbocycles. The van der Waals surface area contributed by atoms with Gasteiger partial charge >= 0.3 is 0 Å². The molecule has 0 amide bonds. The summed E-state index contributed by atoms with van der Waals surface area (Å²) in [6.07, 6.45) is 15.7. The van der Waals surface area contributed by atoms with Gasteiger partial charge in [0.25, 0.3) is 0 Å². The van der Waals surface area contributed by atoms with E-state index in [1.54, 1.807) is 6.92 Å². The molecule has 2 N–H and O–H groups in total. The van der Waals surface area contributed by atoms with Crippen molar-refractivity contribution in [3.05, 3.63) is 77.6 Å². The fraction of sp³-hybridized carbons (Fsp3) is 0.622. The van der Waals surface area contributed by atoms with Crippen molar-refractivity contribution in [3.63, 3.8) is 0 Å². The molecule has 0 fully saturated rings. The van der Waals surface area contributed by atoms with E-state index in [4.69, 9.17) is 9.47 Å². The third kappa shape index (κ3) is 34.0. The van der Waals surface area contributed by atoms with Crippen LogP contribution in [0.5, 0.6) is 0 Å². The van der Waals surface area contributed by atoms with Crippen LogP contribution in [-0.4, -0.2) is 62.7 Å². The fourth-order valence-electron chi connectivity index (χ4n) is 3.34. The number of unbranched alkanes of at least 4 members (excludes halogenated alkanes) is 4. The van der Waals surface area contributed by atoms with Crippen LogP contribution in [0.15, 0.2) is 72.0 Å². The summed E-state index contributed by atoms with van der Waals surface area (Å²) in [6.45, 7) is 27.3. The number of rotatable bonds is 19. The Hall–Kier alpha value is -2.18. The number of allylic oxidation sites excluding steroid dienone is 3. The molecule has 0 aliphatic rings. The Morgan fingerprint density at radius 2 is 1.55 bits per heavy atom. The third-order valence-electron chi connectivity index (χ3n) is 5.85. The Bertz CT molecular complexity index is 777. The first-order valence-electron chi connectivity index (χ1n) is 16.3. The number of nitrogens with zero attached hydrogens (tertiary/aromatic N) is 1. The van der Waals surface area contributed by atoms with E-state index in [0.717, 1.165) is 18.7 Å². The van der Waals surface area contributed by atoms with Gasteiger partial charge in [-0.05, 0) is 79.2 Å². The standard InChI is InChI=1S/C13H19NO.C12H20O2.C10H23N.C2H6/c1-11(10-14(3)12(2)15)9-13-7-5-4-6-8-13;1-5-13-10-9-11(3)7-8-12(4)14-6-2;1-3-5-7-8-10-11-9-6-4-2;1-2/h4-9,12,15H,10H2,1-3H3;7-9H,4-6,10H2,1-3H3;11H,3-10H2,1-2H3;1-2H3/b11-9+;8-7-,11-9-;;. The van der Waals surface area contributed by atoms with E-state index >= 15 is 0 Å². The van der Waals surface area contributed by atoms with E-state index in [0.29, 0.717) is 19.0 Å². The maximum atomic E-state index is 9.33. The van der Waals surface area contributed by atoms with Gasteiger partial charge in [-0.15, -0.1) is 0 Å². The van der Waals surface area contributed by atoms with Gasteiger partial charge in [-0.1, -0.05) is 120 Å². The number of nitrogens with one attached hydrogen (secondary N) is 1. The van der Waals surface area contributed by atoms with Crippen LogP contribution in [0.4, 0.5) is 0 Å². The lowest BCUT2D eigenvalue weighted by molar-refractivity contribution is 0.0453. The molecule has 0 spiro atoms. The van der Waals surface area contributed by atoms with Crippen molar-refractivity contribution < 1.29 is 14.6 Å². The Labute approximate surface area is 261 Å². The van der Waals surface area contributed by atoms with E-state index in [2.05, 4.69) is 50.9 Å². The van der Waals surface area contributed by atoms with Gasteiger partial charge in [-0.25, -0.2) is 0 Å². The van der Waals surface area contributed by atoms with Crippen LogP contribution >= 0.6 is 0 Å². The van der Waals surface area contributed by atoms with Crippen molar-refractivity contribution in [2.45, 2.75) is 107 Å². The van der Waals surface area contributed by atoms with Crippen molar-refractivity contribution in [1.82, 2.24) is 10.2 Å². The number of ether oxygens (including phenoxy) is 2. The predicted molar refractivity (Wildman–Crippen MR) is 188 cm³/mol. The molecule has 1 aromatic carbocycles. The van der Waals surface area contributed by atoms with E-state index < -0.39 is 6.23 Å². The average molecular weight is 589 g/mol. The molecule has 5 nitrogen and oxygen atoms in total. The Morgan fingerprint density at radius 3 is 2.10 bits per heavy atom. The molecular weight excluding hydrogens is 520 g/mol. The average Bonchev–Trinajstić information content (AvgIpc) is 2.98. The smallest absolute Gasteiger partial charge is 0.112 e. The number of aliphatic hydroxyl groups excluding tert-OH is 1. The van der Waals surface area contributed by atoms with E-state index in [1.807, 2.05) is 83.0 Å². The first-order chi connectivity index (χ1) is 20.2. The summed E-state index contributed by atoms with van der Waals surface area (Å²) in [5.74, 6) is 0.691. The van der Waals surface area contributed by atoms with Crippen molar-refractivity contribution in [2.24, 2.45) is 0 Å². The van der Waals surface area contributed by atoms with Crippen LogP contribution in [0.1, 0.15) is 106 Å². The molecule has 0 saturated heterocycles. The summed E-state index contributed by atoms with van der Waals surface area (Å²) in [7, 11) is 1.91. The quantitative estimate of drug-likeness (QED) is 0.0730. The van der Waals surface area contributed by atoms with Gasteiger partial charge in [0.1, 0.15) is 12.0 Å².